The fourth-order valence-corrected chi connectivity index (χ4v) is 1.50. The van der Waals surface area contributed by atoms with Gasteiger partial charge in [-0.15, -0.1) is 0 Å². The van der Waals surface area contributed by atoms with Gasteiger partial charge in [0.25, 0.3) is 0 Å². The average Bonchev–Trinajstić information content (AvgIpc) is 2.94. The van der Waals surface area contributed by atoms with E-state index >= 15 is 0 Å². The molecule has 0 radical (unpaired) electrons. The van der Waals surface area contributed by atoms with E-state index in [1.54, 1.807) is 6.92 Å². The summed E-state index contributed by atoms with van der Waals surface area (Å²) in [7, 11) is 0. The number of nitrogens with two attached hydrogens (primary N) is 1. The minimum Gasteiger partial charge on any atom is -0.394 e. The predicted octanol–water partition coefficient (Wildman–Crippen LogP) is 0.612. The van der Waals surface area contributed by atoms with Crippen LogP contribution in [0.2, 0.25) is 0 Å². The number of nitrogen functional groups attached to an aromatic ring is 1. The Kier molecular flexibility index (Phi) is 2.26. The first-order valence-electron chi connectivity index (χ1n) is 5.06. The van der Waals surface area contributed by atoms with Crippen LogP contribution >= 0.6 is 0 Å². The van der Waals surface area contributed by atoms with Gasteiger partial charge in [-0.2, -0.15) is 0 Å². The zero-order valence-electron chi connectivity index (χ0n) is 9.04. The normalized spacial score (nSPS) is 17.5. The van der Waals surface area contributed by atoms with Crippen molar-refractivity contribution in [2.45, 2.75) is 32.2 Å². The van der Waals surface area contributed by atoms with Gasteiger partial charge in [0.1, 0.15) is 17.5 Å². The molecule has 0 unspecified atom stereocenters. The standard InChI is InChI=1S/C10H16N4O/c1-6-8(11)12-7(2)13-9(6)14-10(5-15)3-4-10/h15H,3-5H2,1-2H3,(H3,11,12,13,14). The van der Waals surface area contributed by atoms with Crippen LogP contribution in [-0.2, 0) is 0 Å². The number of nitrogens with one attached hydrogen (secondary N) is 1. The van der Waals surface area contributed by atoms with Gasteiger partial charge in [0, 0.05) is 5.56 Å². The third-order valence-corrected chi connectivity index (χ3v) is 2.84. The molecule has 5 nitrogen and oxygen atoms in total. The Morgan fingerprint density at radius 3 is 2.60 bits per heavy atom. The molecule has 0 spiro atoms. The quantitative estimate of drug-likeness (QED) is 0.678. The lowest BCUT2D eigenvalue weighted by Gasteiger charge is -2.17. The third kappa shape index (κ3) is 1.87. The molecule has 1 fully saturated rings. The van der Waals surface area contributed by atoms with Crippen molar-refractivity contribution in [2.24, 2.45) is 0 Å². The van der Waals surface area contributed by atoms with Crippen molar-refractivity contribution in [1.82, 2.24) is 9.97 Å². The van der Waals surface area contributed by atoms with E-state index in [-0.39, 0.29) is 12.1 Å². The van der Waals surface area contributed by atoms with Crippen LogP contribution in [0.1, 0.15) is 24.2 Å². The molecular formula is C10H16N4O. The molecule has 1 aromatic rings. The van der Waals surface area contributed by atoms with Crippen LogP contribution in [0, 0.1) is 13.8 Å². The summed E-state index contributed by atoms with van der Waals surface area (Å²) in [6.45, 7) is 3.82. The summed E-state index contributed by atoms with van der Waals surface area (Å²) in [5.41, 5.74) is 6.43. The molecule has 1 saturated carbocycles. The van der Waals surface area contributed by atoms with Gasteiger partial charge >= 0.3 is 0 Å². The molecule has 1 aliphatic rings. The van der Waals surface area contributed by atoms with Gasteiger partial charge in [-0.25, -0.2) is 9.97 Å². The zero-order chi connectivity index (χ0) is 11.1. The van der Waals surface area contributed by atoms with Crippen LogP contribution in [0.25, 0.3) is 0 Å². The van der Waals surface area contributed by atoms with E-state index in [0.717, 1.165) is 24.2 Å². The van der Waals surface area contributed by atoms with Gasteiger partial charge in [0.2, 0.25) is 0 Å². The van der Waals surface area contributed by atoms with E-state index < -0.39 is 0 Å². The Labute approximate surface area is 88.7 Å². The number of aliphatic hydroxyl groups is 1. The molecule has 0 aromatic carbocycles. The lowest BCUT2D eigenvalue weighted by atomic mass is 10.2. The van der Waals surface area contributed by atoms with Crippen molar-refractivity contribution < 1.29 is 5.11 Å². The third-order valence-electron chi connectivity index (χ3n) is 2.84. The Bertz CT molecular complexity index is 387. The monoisotopic (exact) mass is 208 g/mol. The number of nitrogens with zero attached hydrogens (tertiary/aromatic N) is 2. The lowest BCUT2D eigenvalue weighted by Crippen LogP contribution is -2.27. The predicted molar refractivity (Wildman–Crippen MR) is 58.6 cm³/mol. The highest BCUT2D eigenvalue weighted by atomic mass is 16.3. The van der Waals surface area contributed by atoms with Gasteiger partial charge in [-0.3, -0.25) is 0 Å². The Morgan fingerprint density at radius 2 is 2.07 bits per heavy atom. The zero-order valence-corrected chi connectivity index (χ0v) is 9.04. The van der Waals surface area contributed by atoms with Crippen molar-refractivity contribution in [3.8, 4) is 0 Å². The van der Waals surface area contributed by atoms with E-state index in [1.807, 2.05) is 6.92 Å². The maximum atomic E-state index is 9.21. The number of hydrogen-bond donors (Lipinski definition) is 3. The molecule has 2 rings (SSSR count). The molecule has 15 heavy (non-hydrogen) atoms. The van der Waals surface area contributed by atoms with E-state index in [0.29, 0.717) is 11.6 Å². The van der Waals surface area contributed by atoms with Crippen molar-refractivity contribution in [1.29, 1.82) is 0 Å². The Morgan fingerprint density at radius 1 is 1.40 bits per heavy atom. The summed E-state index contributed by atoms with van der Waals surface area (Å²) in [6.07, 6.45) is 1.96. The van der Waals surface area contributed by atoms with E-state index in [4.69, 9.17) is 5.73 Å². The highest BCUT2D eigenvalue weighted by Crippen LogP contribution is 2.38. The second-order valence-electron chi connectivity index (χ2n) is 4.19. The van der Waals surface area contributed by atoms with Gasteiger partial charge in [0.15, 0.2) is 0 Å². The number of aliphatic hydroxyl groups excluding tert-OH is 1. The van der Waals surface area contributed by atoms with Gasteiger partial charge < -0.3 is 16.2 Å². The van der Waals surface area contributed by atoms with Crippen LogP contribution in [-0.4, -0.2) is 27.2 Å². The summed E-state index contributed by atoms with van der Waals surface area (Å²) >= 11 is 0. The average molecular weight is 208 g/mol. The van der Waals surface area contributed by atoms with E-state index in [9.17, 15) is 5.11 Å². The number of aryl methyl sites for hydroxylation is 1. The number of hydrogen-bond acceptors (Lipinski definition) is 5. The maximum absolute atomic E-state index is 9.21. The van der Waals surface area contributed by atoms with Gasteiger partial charge in [-0.1, -0.05) is 0 Å². The summed E-state index contributed by atoms with van der Waals surface area (Å²) in [5, 5.41) is 12.5. The largest absolute Gasteiger partial charge is 0.394 e. The molecule has 82 valence electrons. The number of aromatic nitrogens is 2. The van der Waals surface area contributed by atoms with Crippen molar-refractivity contribution in [3.63, 3.8) is 0 Å². The first-order chi connectivity index (χ1) is 7.06. The van der Waals surface area contributed by atoms with Crippen LogP contribution < -0.4 is 11.1 Å². The first-order valence-corrected chi connectivity index (χ1v) is 5.06. The molecule has 5 heteroatoms. The Balaban J connectivity index is 2.28. The fourth-order valence-electron chi connectivity index (χ4n) is 1.50. The molecule has 0 bridgehead atoms. The number of rotatable bonds is 3. The minimum absolute atomic E-state index is 0.134. The van der Waals surface area contributed by atoms with Gasteiger partial charge in [0.05, 0.1) is 12.1 Å². The molecule has 4 N–H and O–H groups in total. The highest BCUT2D eigenvalue weighted by Gasteiger charge is 2.42. The second kappa shape index (κ2) is 3.34. The molecule has 1 aliphatic carbocycles. The van der Waals surface area contributed by atoms with E-state index in [2.05, 4.69) is 15.3 Å². The molecule has 0 aliphatic heterocycles. The molecule has 1 heterocycles. The summed E-state index contributed by atoms with van der Waals surface area (Å²) in [5.74, 6) is 1.89. The minimum atomic E-state index is -0.169. The highest BCUT2D eigenvalue weighted by molar-refractivity contribution is 5.56. The van der Waals surface area contributed by atoms with Crippen LogP contribution in [0.3, 0.4) is 0 Å². The van der Waals surface area contributed by atoms with Crippen LogP contribution in [0.15, 0.2) is 0 Å². The van der Waals surface area contributed by atoms with Crippen LogP contribution in [0.4, 0.5) is 11.6 Å². The molecule has 0 amide bonds. The van der Waals surface area contributed by atoms with Crippen molar-refractivity contribution in [3.05, 3.63) is 11.4 Å². The summed E-state index contributed by atoms with van der Waals surface area (Å²) < 4.78 is 0. The van der Waals surface area contributed by atoms with Crippen molar-refractivity contribution in [2.75, 3.05) is 17.7 Å². The van der Waals surface area contributed by atoms with E-state index in [1.165, 1.54) is 0 Å². The molecular weight excluding hydrogens is 192 g/mol. The topological polar surface area (TPSA) is 84.1 Å². The first kappa shape index (κ1) is 10.2. The number of anilines is 2. The van der Waals surface area contributed by atoms with Gasteiger partial charge in [-0.05, 0) is 26.7 Å². The fraction of sp³-hybridized carbons (Fsp3) is 0.600. The van der Waals surface area contributed by atoms with Crippen molar-refractivity contribution >= 4 is 11.6 Å². The second-order valence-corrected chi connectivity index (χ2v) is 4.19. The maximum Gasteiger partial charge on any atom is 0.135 e. The SMILES string of the molecule is Cc1nc(N)c(C)c(NC2(CO)CC2)n1. The Hall–Kier alpha value is -1.36. The summed E-state index contributed by atoms with van der Waals surface area (Å²) in [4.78, 5) is 8.37. The molecule has 0 saturated heterocycles. The smallest absolute Gasteiger partial charge is 0.135 e. The summed E-state index contributed by atoms with van der Waals surface area (Å²) in [6, 6.07) is 0. The lowest BCUT2D eigenvalue weighted by molar-refractivity contribution is 0.266. The van der Waals surface area contributed by atoms with Crippen LogP contribution in [0.5, 0.6) is 0 Å². The molecule has 0 atom stereocenters. The molecule has 1 aromatic heterocycles.